The molecule has 27 heavy (non-hydrogen) atoms. The maximum absolute atomic E-state index is 13.6. The van der Waals surface area contributed by atoms with Crippen LogP contribution in [-0.2, 0) is 12.6 Å². The highest BCUT2D eigenvalue weighted by atomic mass is 35.5. The number of nitrogens with zero attached hydrogens (tertiary/aromatic N) is 2. The SMILES string of the molecule is O=C(NCCc1ccc(Cl)cc1)c1cnn(-c2ccccc2)c1C(F)(F)F. The van der Waals surface area contributed by atoms with E-state index in [4.69, 9.17) is 11.6 Å². The van der Waals surface area contributed by atoms with Crippen molar-refractivity contribution >= 4 is 17.5 Å². The van der Waals surface area contributed by atoms with E-state index in [9.17, 15) is 18.0 Å². The number of amides is 1. The van der Waals surface area contributed by atoms with Crippen LogP contribution in [0.3, 0.4) is 0 Å². The highest BCUT2D eigenvalue weighted by Gasteiger charge is 2.40. The standard InChI is InChI=1S/C19H15ClF3N3O/c20-14-8-6-13(7-9-14)10-11-24-18(27)16-12-25-26(17(16)19(21,22)23)15-4-2-1-3-5-15/h1-9,12H,10-11H2,(H,24,27). The number of aromatic nitrogens is 2. The number of para-hydroxylation sites is 1. The van der Waals surface area contributed by atoms with Gasteiger partial charge in [-0.05, 0) is 36.2 Å². The number of rotatable bonds is 5. The second-order valence-electron chi connectivity index (χ2n) is 5.78. The van der Waals surface area contributed by atoms with Gasteiger partial charge in [0.1, 0.15) is 0 Å². The molecule has 0 unspecified atom stereocenters. The molecular formula is C19H15ClF3N3O. The zero-order valence-corrected chi connectivity index (χ0v) is 14.8. The Labute approximate surface area is 158 Å². The number of carbonyl (C=O) groups excluding carboxylic acids is 1. The highest BCUT2D eigenvalue weighted by Crippen LogP contribution is 2.33. The summed E-state index contributed by atoms with van der Waals surface area (Å²) in [7, 11) is 0. The van der Waals surface area contributed by atoms with E-state index in [-0.39, 0.29) is 12.2 Å². The lowest BCUT2D eigenvalue weighted by molar-refractivity contribution is -0.143. The Balaban J connectivity index is 1.78. The maximum Gasteiger partial charge on any atom is 0.434 e. The van der Waals surface area contributed by atoms with Crippen LogP contribution in [0.2, 0.25) is 5.02 Å². The zero-order valence-electron chi connectivity index (χ0n) is 14.0. The fourth-order valence-corrected chi connectivity index (χ4v) is 2.75. The minimum Gasteiger partial charge on any atom is -0.352 e. The van der Waals surface area contributed by atoms with Gasteiger partial charge in [0.15, 0.2) is 5.69 Å². The highest BCUT2D eigenvalue weighted by molar-refractivity contribution is 6.30. The number of hydrogen-bond donors (Lipinski definition) is 1. The summed E-state index contributed by atoms with van der Waals surface area (Å²) in [4.78, 5) is 12.3. The van der Waals surface area contributed by atoms with E-state index >= 15 is 0 Å². The van der Waals surface area contributed by atoms with Gasteiger partial charge in [-0.1, -0.05) is 41.9 Å². The number of nitrogens with one attached hydrogen (secondary N) is 1. The van der Waals surface area contributed by atoms with Gasteiger partial charge in [0, 0.05) is 11.6 Å². The molecule has 0 saturated heterocycles. The van der Waals surface area contributed by atoms with E-state index in [1.54, 1.807) is 42.5 Å². The van der Waals surface area contributed by atoms with Gasteiger partial charge in [-0.2, -0.15) is 18.3 Å². The third-order valence-electron chi connectivity index (χ3n) is 3.90. The molecule has 0 spiro atoms. The molecule has 0 saturated carbocycles. The Morgan fingerprint density at radius 2 is 1.74 bits per heavy atom. The molecule has 0 radical (unpaired) electrons. The van der Waals surface area contributed by atoms with Gasteiger partial charge in [-0.25, -0.2) is 4.68 Å². The predicted molar refractivity (Wildman–Crippen MR) is 96.1 cm³/mol. The quantitative estimate of drug-likeness (QED) is 0.693. The largest absolute Gasteiger partial charge is 0.434 e. The second kappa shape index (κ2) is 7.84. The zero-order chi connectivity index (χ0) is 19.4. The van der Waals surface area contributed by atoms with Crippen LogP contribution in [-0.4, -0.2) is 22.2 Å². The molecule has 4 nitrogen and oxygen atoms in total. The fourth-order valence-electron chi connectivity index (χ4n) is 2.62. The maximum atomic E-state index is 13.6. The Morgan fingerprint density at radius 1 is 1.07 bits per heavy atom. The van der Waals surface area contributed by atoms with Crippen molar-refractivity contribution in [3.8, 4) is 5.69 Å². The monoisotopic (exact) mass is 393 g/mol. The first-order valence-corrected chi connectivity index (χ1v) is 8.47. The van der Waals surface area contributed by atoms with Gasteiger partial charge in [0.05, 0.1) is 17.4 Å². The molecule has 3 rings (SSSR count). The molecule has 2 aromatic carbocycles. The number of alkyl halides is 3. The summed E-state index contributed by atoms with van der Waals surface area (Å²) in [6.45, 7) is 0.189. The van der Waals surface area contributed by atoms with E-state index in [2.05, 4.69) is 10.4 Å². The Bertz CT molecular complexity index is 922. The Morgan fingerprint density at radius 3 is 2.37 bits per heavy atom. The normalized spacial score (nSPS) is 11.4. The van der Waals surface area contributed by atoms with Crippen LogP contribution in [0.5, 0.6) is 0 Å². The molecule has 3 aromatic rings. The van der Waals surface area contributed by atoms with Crippen LogP contribution in [0.1, 0.15) is 21.6 Å². The summed E-state index contributed by atoms with van der Waals surface area (Å²) >= 11 is 5.80. The molecule has 8 heteroatoms. The van der Waals surface area contributed by atoms with E-state index in [1.165, 1.54) is 12.1 Å². The number of carbonyl (C=O) groups is 1. The van der Waals surface area contributed by atoms with Gasteiger partial charge in [0.25, 0.3) is 5.91 Å². The van der Waals surface area contributed by atoms with Crippen molar-refractivity contribution in [1.29, 1.82) is 0 Å². The third-order valence-corrected chi connectivity index (χ3v) is 4.15. The third kappa shape index (κ3) is 4.49. The summed E-state index contributed by atoms with van der Waals surface area (Å²) in [5, 5.41) is 6.87. The van der Waals surface area contributed by atoms with Gasteiger partial charge in [0.2, 0.25) is 0 Å². The first kappa shape index (κ1) is 19.0. The summed E-state index contributed by atoms with van der Waals surface area (Å²) < 4.78 is 41.4. The Kier molecular flexibility index (Phi) is 5.51. The molecular weight excluding hydrogens is 379 g/mol. The predicted octanol–water partition coefficient (Wildman–Crippen LogP) is 4.52. The molecule has 1 aromatic heterocycles. The van der Waals surface area contributed by atoms with Crippen molar-refractivity contribution in [2.75, 3.05) is 6.54 Å². The first-order chi connectivity index (χ1) is 12.9. The van der Waals surface area contributed by atoms with Crippen LogP contribution in [0.25, 0.3) is 5.69 Å². The van der Waals surface area contributed by atoms with Crippen LogP contribution in [0.4, 0.5) is 13.2 Å². The molecule has 0 aliphatic carbocycles. The van der Waals surface area contributed by atoms with Gasteiger partial charge in [-0.15, -0.1) is 0 Å². The number of hydrogen-bond acceptors (Lipinski definition) is 2. The summed E-state index contributed by atoms with van der Waals surface area (Å²) in [6, 6.07) is 14.9. The minimum atomic E-state index is -4.73. The van der Waals surface area contributed by atoms with Gasteiger partial charge in [-0.3, -0.25) is 4.79 Å². The smallest absolute Gasteiger partial charge is 0.352 e. The van der Waals surface area contributed by atoms with E-state index in [1.807, 2.05) is 0 Å². The first-order valence-electron chi connectivity index (χ1n) is 8.09. The van der Waals surface area contributed by atoms with Gasteiger partial charge >= 0.3 is 6.18 Å². The molecule has 0 fully saturated rings. The summed E-state index contributed by atoms with van der Waals surface area (Å²) in [5.41, 5.74) is -0.471. The molecule has 1 N–H and O–H groups in total. The van der Waals surface area contributed by atoms with Crippen LogP contribution < -0.4 is 5.32 Å². The number of benzene rings is 2. The molecule has 0 bridgehead atoms. The molecule has 1 amide bonds. The van der Waals surface area contributed by atoms with Crippen LogP contribution >= 0.6 is 11.6 Å². The lowest BCUT2D eigenvalue weighted by atomic mass is 10.1. The average molecular weight is 394 g/mol. The topological polar surface area (TPSA) is 46.9 Å². The van der Waals surface area contributed by atoms with Crippen molar-refractivity contribution in [2.24, 2.45) is 0 Å². The van der Waals surface area contributed by atoms with E-state index in [0.29, 0.717) is 11.4 Å². The van der Waals surface area contributed by atoms with Crippen molar-refractivity contribution in [3.05, 3.63) is 82.6 Å². The van der Waals surface area contributed by atoms with Crippen molar-refractivity contribution in [1.82, 2.24) is 15.1 Å². The molecule has 0 aliphatic heterocycles. The molecule has 140 valence electrons. The lowest BCUT2D eigenvalue weighted by Crippen LogP contribution is -2.28. The van der Waals surface area contributed by atoms with Crippen LogP contribution in [0.15, 0.2) is 60.8 Å². The lowest BCUT2D eigenvalue weighted by Gasteiger charge is -2.13. The van der Waals surface area contributed by atoms with Crippen molar-refractivity contribution in [3.63, 3.8) is 0 Å². The van der Waals surface area contributed by atoms with E-state index < -0.39 is 23.3 Å². The summed E-state index contributed by atoms with van der Waals surface area (Å²) in [5.74, 6) is -0.821. The summed E-state index contributed by atoms with van der Waals surface area (Å²) in [6.07, 6.45) is -3.32. The Hall–Kier alpha value is -2.80. The van der Waals surface area contributed by atoms with Crippen molar-refractivity contribution in [2.45, 2.75) is 12.6 Å². The molecule has 0 atom stereocenters. The molecule has 0 aliphatic rings. The van der Waals surface area contributed by atoms with Crippen LogP contribution in [0, 0.1) is 0 Å². The van der Waals surface area contributed by atoms with Gasteiger partial charge < -0.3 is 5.32 Å². The fraction of sp³-hybridized carbons (Fsp3) is 0.158. The van der Waals surface area contributed by atoms with Crippen molar-refractivity contribution < 1.29 is 18.0 Å². The number of halogens is 4. The minimum absolute atomic E-state index is 0.189. The molecule has 1 heterocycles. The van der Waals surface area contributed by atoms with E-state index in [0.717, 1.165) is 16.4 Å². The average Bonchev–Trinajstić information content (AvgIpc) is 3.10. The second-order valence-corrected chi connectivity index (χ2v) is 6.22.